The van der Waals surface area contributed by atoms with Crippen LogP contribution in [-0.4, -0.2) is 4.57 Å². The molecular formula is C67H47N. The molecule has 9 aromatic carbocycles. The van der Waals surface area contributed by atoms with Crippen LogP contribution < -0.4 is 0 Å². The van der Waals surface area contributed by atoms with Gasteiger partial charge in [-0.1, -0.05) is 188 Å². The molecule has 0 atom stereocenters. The quantitative estimate of drug-likeness (QED) is 0.134. The Morgan fingerprint density at radius 3 is 1.38 bits per heavy atom. The highest BCUT2D eigenvalue weighted by Gasteiger charge is 2.22. The molecule has 0 N–H and O–H groups in total. The lowest BCUT2D eigenvalue weighted by Gasteiger charge is -2.11. The van der Waals surface area contributed by atoms with Gasteiger partial charge >= 0.3 is 0 Å². The fraction of sp³-hybridized carbons (Fsp3) is 0.0597. The van der Waals surface area contributed by atoms with Crippen molar-refractivity contribution in [2.75, 3.05) is 0 Å². The van der Waals surface area contributed by atoms with E-state index in [2.05, 4.69) is 247 Å². The smallest absolute Gasteiger partial charge is 0.0541 e. The minimum absolute atomic E-state index is 0.934. The van der Waals surface area contributed by atoms with Crippen LogP contribution >= 0.6 is 0 Å². The molecule has 320 valence electrons. The Bertz CT molecular complexity index is 3750. The Morgan fingerprint density at radius 2 is 0.853 bits per heavy atom. The first-order valence-corrected chi connectivity index (χ1v) is 24.0. The van der Waals surface area contributed by atoms with Crippen molar-refractivity contribution in [1.82, 2.24) is 4.57 Å². The van der Waals surface area contributed by atoms with Crippen LogP contribution in [0.4, 0.5) is 0 Å². The molecular weight excluding hydrogens is 819 g/mol. The van der Waals surface area contributed by atoms with Gasteiger partial charge in [0.05, 0.1) is 11.0 Å². The third-order valence-electron chi connectivity index (χ3n) is 14.3. The van der Waals surface area contributed by atoms with E-state index in [1.54, 1.807) is 0 Å². The molecule has 1 heteroatoms. The number of allylic oxidation sites excluding steroid dienone is 7. The molecule has 0 radical (unpaired) electrons. The van der Waals surface area contributed by atoms with Gasteiger partial charge in [-0.2, -0.15) is 0 Å². The number of aromatic nitrogens is 1. The molecule has 1 nitrogen and oxygen atoms in total. The maximum atomic E-state index is 3.25. The molecule has 0 fully saturated rings. The van der Waals surface area contributed by atoms with Gasteiger partial charge in [0.2, 0.25) is 0 Å². The monoisotopic (exact) mass is 865 g/mol. The number of hydrogen-bond donors (Lipinski definition) is 0. The van der Waals surface area contributed by atoms with Gasteiger partial charge in [0.25, 0.3) is 0 Å². The molecule has 13 rings (SSSR count). The van der Waals surface area contributed by atoms with Crippen molar-refractivity contribution in [3.8, 4) is 72.4 Å². The maximum absolute atomic E-state index is 3.25. The molecule has 1 heterocycles. The summed E-state index contributed by atoms with van der Waals surface area (Å²) in [5.74, 6) is 0. The van der Waals surface area contributed by atoms with Crippen LogP contribution in [0.25, 0.3) is 105 Å². The van der Waals surface area contributed by atoms with Gasteiger partial charge in [-0.3, -0.25) is 0 Å². The Kier molecular flexibility index (Phi) is 9.81. The fourth-order valence-electron chi connectivity index (χ4n) is 10.7. The first kappa shape index (κ1) is 39.8. The summed E-state index contributed by atoms with van der Waals surface area (Å²) in [4.78, 5) is 0. The van der Waals surface area contributed by atoms with Gasteiger partial charge < -0.3 is 4.57 Å². The minimum Gasteiger partial charge on any atom is -0.309 e. The topological polar surface area (TPSA) is 4.93 Å². The Morgan fingerprint density at radius 1 is 0.368 bits per heavy atom. The van der Waals surface area contributed by atoms with Crippen molar-refractivity contribution in [2.45, 2.75) is 25.7 Å². The van der Waals surface area contributed by atoms with Gasteiger partial charge in [-0.25, -0.2) is 0 Å². The van der Waals surface area contributed by atoms with Crippen LogP contribution in [0, 0.1) is 0 Å². The summed E-state index contributed by atoms with van der Waals surface area (Å²) in [5.41, 5.74) is 29.6. The lowest BCUT2D eigenvalue weighted by atomic mass is 9.96. The van der Waals surface area contributed by atoms with E-state index >= 15 is 0 Å². The summed E-state index contributed by atoms with van der Waals surface area (Å²) in [5, 5.41) is 2.49. The van der Waals surface area contributed by atoms with Crippen LogP contribution in [0.15, 0.2) is 242 Å². The van der Waals surface area contributed by atoms with Crippen LogP contribution in [0.5, 0.6) is 0 Å². The SMILES string of the molecule is C1=CCC=C(c2ccc(-c3ccc(-c4ccc5c(c4)c4cc(-c6ccc(-c7ccc(-c8ccccc8)cc7)cc6)ccc4n5-c4ccc5c(c4)Cc4cc(C6=CCCC=C6)ccc4-5)cc3)cc2)C=1. The van der Waals surface area contributed by atoms with Crippen molar-refractivity contribution in [3.05, 3.63) is 265 Å². The second-order valence-electron chi connectivity index (χ2n) is 18.4. The summed E-state index contributed by atoms with van der Waals surface area (Å²) < 4.78 is 2.48. The van der Waals surface area contributed by atoms with Crippen LogP contribution in [0.1, 0.15) is 41.5 Å². The van der Waals surface area contributed by atoms with Gasteiger partial charge in [-0.05, 0) is 174 Å². The highest BCUT2D eigenvalue weighted by molar-refractivity contribution is 6.12. The second kappa shape index (κ2) is 16.7. The molecule has 10 aromatic rings. The highest BCUT2D eigenvalue weighted by Crippen LogP contribution is 2.43. The minimum atomic E-state index is 0.934. The lowest BCUT2D eigenvalue weighted by Crippen LogP contribution is -1.95. The molecule has 1 aromatic heterocycles. The lowest BCUT2D eigenvalue weighted by molar-refractivity contribution is 1.04. The zero-order valence-corrected chi connectivity index (χ0v) is 37.8. The predicted molar refractivity (Wildman–Crippen MR) is 288 cm³/mol. The highest BCUT2D eigenvalue weighted by atomic mass is 15.0. The molecule has 3 aliphatic rings. The first-order chi connectivity index (χ1) is 33.7. The molecule has 0 saturated heterocycles. The van der Waals surface area contributed by atoms with Gasteiger partial charge in [-0.15, -0.1) is 5.73 Å². The maximum Gasteiger partial charge on any atom is 0.0541 e. The van der Waals surface area contributed by atoms with Crippen LogP contribution in [0.3, 0.4) is 0 Å². The van der Waals surface area contributed by atoms with E-state index < -0.39 is 0 Å². The summed E-state index contributed by atoms with van der Waals surface area (Å²) >= 11 is 0. The fourth-order valence-corrected chi connectivity index (χ4v) is 10.7. The Labute approximate surface area is 398 Å². The van der Waals surface area contributed by atoms with E-state index in [0.29, 0.717) is 0 Å². The Balaban J connectivity index is 0.863. The summed E-state index contributed by atoms with van der Waals surface area (Å²) in [6, 6.07) is 74.8. The van der Waals surface area contributed by atoms with E-state index in [4.69, 9.17) is 0 Å². The van der Waals surface area contributed by atoms with E-state index in [-0.39, 0.29) is 0 Å². The average molecular weight is 866 g/mol. The molecule has 0 unspecified atom stereocenters. The Hall–Kier alpha value is -8.48. The summed E-state index contributed by atoms with van der Waals surface area (Å²) in [6.07, 6.45) is 17.5. The standard InChI is InChI=1S/C67H47N/c1-4-10-45(11-5-1)48-16-20-50(21-17-48)52-24-28-54(29-25-52)57-33-38-66-64(43-57)65-44-58(55-30-26-53(27-31-55)51-22-18-49(19-23-51)46-12-6-2-7-13-46)34-39-67(65)68(66)61-35-37-63-60(42-61)41-59-40-56(32-36-62(59)63)47-14-8-3-9-15-47/h1-2,4-5,8,10-40,42-44H,3,6,9,41H2. The zero-order valence-electron chi connectivity index (χ0n) is 37.8. The van der Waals surface area contributed by atoms with E-state index in [1.165, 1.54) is 128 Å². The first-order valence-electron chi connectivity index (χ1n) is 24.0. The zero-order chi connectivity index (χ0) is 45.0. The molecule has 3 aliphatic carbocycles. The largest absolute Gasteiger partial charge is 0.309 e. The number of hydrogen-bond acceptors (Lipinski definition) is 0. The van der Waals surface area contributed by atoms with Crippen LogP contribution in [-0.2, 0) is 6.42 Å². The predicted octanol–water partition coefficient (Wildman–Crippen LogP) is 17.9. The number of rotatable bonds is 8. The number of nitrogens with zero attached hydrogens (tertiary/aromatic N) is 1. The van der Waals surface area contributed by atoms with Crippen molar-refractivity contribution >= 4 is 33.0 Å². The number of benzene rings is 9. The molecule has 0 aliphatic heterocycles. The van der Waals surface area contributed by atoms with Crippen molar-refractivity contribution in [3.63, 3.8) is 0 Å². The van der Waals surface area contributed by atoms with E-state index in [1.807, 2.05) is 0 Å². The normalized spacial score (nSPS) is 13.7. The van der Waals surface area contributed by atoms with Gasteiger partial charge in [0.15, 0.2) is 0 Å². The number of fused-ring (bicyclic) bond motifs is 6. The van der Waals surface area contributed by atoms with Gasteiger partial charge in [0.1, 0.15) is 0 Å². The van der Waals surface area contributed by atoms with E-state index in [0.717, 1.165) is 25.7 Å². The summed E-state index contributed by atoms with van der Waals surface area (Å²) in [6.45, 7) is 0. The second-order valence-corrected chi connectivity index (χ2v) is 18.4. The third kappa shape index (κ3) is 7.22. The average Bonchev–Trinajstić information content (AvgIpc) is 3.96. The third-order valence-corrected chi connectivity index (χ3v) is 14.3. The molecule has 0 saturated carbocycles. The summed E-state index contributed by atoms with van der Waals surface area (Å²) in [7, 11) is 0. The van der Waals surface area contributed by atoms with E-state index in [9.17, 15) is 0 Å². The van der Waals surface area contributed by atoms with Crippen molar-refractivity contribution in [1.29, 1.82) is 0 Å². The van der Waals surface area contributed by atoms with Crippen LogP contribution in [0.2, 0.25) is 0 Å². The molecule has 0 spiro atoms. The molecule has 0 bridgehead atoms. The van der Waals surface area contributed by atoms with Crippen molar-refractivity contribution < 1.29 is 0 Å². The van der Waals surface area contributed by atoms with Crippen molar-refractivity contribution in [2.24, 2.45) is 0 Å². The molecule has 68 heavy (non-hydrogen) atoms. The molecule has 0 amide bonds. The van der Waals surface area contributed by atoms with Gasteiger partial charge in [0, 0.05) is 16.5 Å².